The topological polar surface area (TPSA) is 53.2 Å². The fraction of sp³-hybridized carbons (Fsp3) is 0.214. The number of rotatable bonds is 4. The first-order valence-corrected chi connectivity index (χ1v) is 12.9. The van der Waals surface area contributed by atoms with Gasteiger partial charge in [-0.15, -0.1) is 11.3 Å². The van der Waals surface area contributed by atoms with E-state index in [1.165, 1.54) is 15.9 Å². The minimum Gasteiger partial charge on any atom is -0.381 e. The molecule has 1 fully saturated rings. The van der Waals surface area contributed by atoms with E-state index in [-0.39, 0.29) is 11.2 Å². The Balaban J connectivity index is 1.64. The van der Waals surface area contributed by atoms with Crippen LogP contribution >= 0.6 is 22.9 Å². The van der Waals surface area contributed by atoms with E-state index in [4.69, 9.17) is 16.3 Å². The normalized spacial score (nSPS) is 14.7. The standard InChI is InChI=1S/C28H23ClN2O3S/c29-22-10-4-3-9-21(22)25-16-24-26(35-25)27(32)31(23-11-5-7-19-6-1-2-8-20(19)23)28(33)30(24)17-18-12-14-34-15-13-18/h1-11,16,18H,12-15,17H2. The SMILES string of the molecule is O=c1c2sc(-c3ccccc3Cl)cc2n(CC2CCOCC2)c(=O)n1-c1cccc2ccccc12. The monoisotopic (exact) mass is 502 g/mol. The van der Waals surface area contributed by atoms with Crippen LogP contribution in [-0.4, -0.2) is 22.3 Å². The summed E-state index contributed by atoms with van der Waals surface area (Å²) >= 11 is 7.87. The number of hydrogen-bond acceptors (Lipinski definition) is 4. The largest absolute Gasteiger partial charge is 0.381 e. The third-order valence-electron chi connectivity index (χ3n) is 6.75. The van der Waals surface area contributed by atoms with E-state index in [2.05, 4.69) is 0 Å². The van der Waals surface area contributed by atoms with Crippen LogP contribution in [0.15, 0.2) is 82.4 Å². The van der Waals surface area contributed by atoms with Crippen LogP contribution in [0, 0.1) is 5.92 Å². The highest BCUT2D eigenvalue weighted by Gasteiger charge is 2.23. The first-order chi connectivity index (χ1) is 17.1. The molecule has 0 aliphatic carbocycles. The summed E-state index contributed by atoms with van der Waals surface area (Å²) in [7, 11) is 0. The highest BCUT2D eigenvalue weighted by atomic mass is 35.5. The van der Waals surface area contributed by atoms with Gasteiger partial charge in [-0.3, -0.25) is 9.36 Å². The summed E-state index contributed by atoms with van der Waals surface area (Å²) in [6.07, 6.45) is 1.78. The van der Waals surface area contributed by atoms with E-state index in [1.807, 2.05) is 72.8 Å². The molecule has 0 N–H and O–H groups in total. The molecular weight excluding hydrogens is 480 g/mol. The minimum atomic E-state index is -0.311. The lowest BCUT2D eigenvalue weighted by Crippen LogP contribution is -2.40. The van der Waals surface area contributed by atoms with Gasteiger partial charge in [-0.05, 0) is 42.3 Å². The van der Waals surface area contributed by atoms with Gasteiger partial charge in [0, 0.05) is 40.6 Å². The molecule has 0 unspecified atom stereocenters. The Hall–Kier alpha value is -3.19. The summed E-state index contributed by atoms with van der Waals surface area (Å²) < 4.78 is 9.22. The van der Waals surface area contributed by atoms with Crippen LogP contribution in [-0.2, 0) is 11.3 Å². The van der Waals surface area contributed by atoms with Crippen molar-refractivity contribution in [3.63, 3.8) is 0 Å². The zero-order chi connectivity index (χ0) is 23.9. The molecule has 0 saturated carbocycles. The van der Waals surface area contributed by atoms with Crippen LogP contribution in [0.5, 0.6) is 0 Å². The Morgan fingerprint density at radius 2 is 1.69 bits per heavy atom. The highest BCUT2D eigenvalue weighted by molar-refractivity contribution is 7.22. The van der Waals surface area contributed by atoms with Gasteiger partial charge in [0.05, 0.1) is 11.2 Å². The molecule has 0 atom stereocenters. The van der Waals surface area contributed by atoms with Crippen molar-refractivity contribution in [2.75, 3.05) is 13.2 Å². The average Bonchev–Trinajstić information content (AvgIpc) is 3.33. The molecule has 5 aromatic rings. The Kier molecular flexibility index (Phi) is 5.80. The van der Waals surface area contributed by atoms with Crippen LogP contribution < -0.4 is 11.2 Å². The Labute approximate surface area is 210 Å². The lowest BCUT2D eigenvalue weighted by Gasteiger charge is -2.23. The third-order valence-corrected chi connectivity index (χ3v) is 8.23. The van der Waals surface area contributed by atoms with Crippen molar-refractivity contribution < 1.29 is 4.74 Å². The highest BCUT2D eigenvalue weighted by Crippen LogP contribution is 2.36. The summed E-state index contributed by atoms with van der Waals surface area (Å²) in [6.45, 7) is 1.93. The molecule has 0 spiro atoms. The number of benzene rings is 3. The van der Waals surface area contributed by atoms with Crippen LogP contribution in [0.1, 0.15) is 12.8 Å². The third kappa shape index (κ3) is 3.92. The molecule has 0 bridgehead atoms. The van der Waals surface area contributed by atoms with Crippen LogP contribution in [0.4, 0.5) is 0 Å². The van der Waals surface area contributed by atoms with Crippen molar-refractivity contribution >= 4 is 43.9 Å². The molecular formula is C28H23ClN2O3S. The molecule has 2 aromatic heterocycles. The molecule has 3 aromatic carbocycles. The quantitative estimate of drug-likeness (QED) is 0.298. The number of fused-ring (bicyclic) bond motifs is 2. The molecule has 176 valence electrons. The summed E-state index contributed by atoms with van der Waals surface area (Å²) in [5, 5.41) is 2.47. The maximum atomic E-state index is 14.0. The van der Waals surface area contributed by atoms with Crippen LogP contribution in [0.2, 0.25) is 5.02 Å². The van der Waals surface area contributed by atoms with Crippen molar-refractivity contribution in [3.8, 4) is 16.1 Å². The number of aromatic nitrogens is 2. The molecule has 1 saturated heterocycles. The van der Waals surface area contributed by atoms with Crippen LogP contribution in [0.25, 0.3) is 37.1 Å². The minimum absolute atomic E-state index is 0.298. The van der Waals surface area contributed by atoms with Gasteiger partial charge in [0.25, 0.3) is 5.56 Å². The van der Waals surface area contributed by atoms with Gasteiger partial charge < -0.3 is 4.74 Å². The van der Waals surface area contributed by atoms with Gasteiger partial charge in [0.2, 0.25) is 0 Å². The molecule has 3 heterocycles. The summed E-state index contributed by atoms with van der Waals surface area (Å²) in [5.74, 6) is 0.312. The second-order valence-corrected chi connectivity index (χ2v) is 10.4. The second-order valence-electron chi connectivity index (χ2n) is 8.89. The summed E-state index contributed by atoms with van der Waals surface area (Å²) in [6, 6.07) is 23.1. The van der Waals surface area contributed by atoms with Gasteiger partial charge in [0.15, 0.2) is 0 Å². The number of halogens is 1. The average molecular weight is 503 g/mol. The van der Waals surface area contributed by atoms with Gasteiger partial charge in [-0.1, -0.05) is 66.2 Å². The van der Waals surface area contributed by atoms with Crippen molar-refractivity contribution in [3.05, 3.63) is 98.7 Å². The fourth-order valence-electron chi connectivity index (χ4n) is 4.92. The van der Waals surface area contributed by atoms with E-state index in [9.17, 15) is 9.59 Å². The van der Waals surface area contributed by atoms with Gasteiger partial charge >= 0.3 is 5.69 Å². The fourth-order valence-corrected chi connectivity index (χ4v) is 6.34. The van der Waals surface area contributed by atoms with Crippen molar-refractivity contribution in [1.29, 1.82) is 0 Å². The molecule has 0 amide bonds. The molecule has 1 aliphatic heterocycles. The predicted octanol–water partition coefficient (Wildman–Crippen LogP) is 6.11. The predicted molar refractivity (Wildman–Crippen MR) is 143 cm³/mol. The van der Waals surface area contributed by atoms with E-state index in [0.717, 1.165) is 34.1 Å². The lowest BCUT2D eigenvalue weighted by molar-refractivity contribution is 0.0612. The summed E-state index contributed by atoms with van der Waals surface area (Å²) in [5.41, 5.74) is 1.52. The molecule has 35 heavy (non-hydrogen) atoms. The molecule has 7 heteroatoms. The van der Waals surface area contributed by atoms with Gasteiger partial charge in [0.1, 0.15) is 4.70 Å². The second kappa shape index (κ2) is 9.11. The van der Waals surface area contributed by atoms with Gasteiger partial charge in [-0.2, -0.15) is 0 Å². The number of thiophene rings is 1. The Bertz CT molecular complexity index is 1670. The molecule has 6 rings (SSSR count). The number of ether oxygens (including phenoxy) is 1. The smallest absolute Gasteiger partial charge is 0.336 e. The molecule has 0 radical (unpaired) electrons. The van der Waals surface area contributed by atoms with Crippen molar-refractivity contribution in [1.82, 2.24) is 9.13 Å². The van der Waals surface area contributed by atoms with E-state index in [1.54, 1.807) is 4.57 Å². The zero-order valence-electron chi connectivity index (χ0n) is 18.9. The Morgan fingerprint density at radius 3 is 2.51 bits per heavy atom. The van der Waals surface area contributed by atoms with Crippen molar-refractivity contribution in [2.24, 2.45) is 5.92 Å². The number of hydrogen-bond donors (Lipinski definition) is 0. The molecule has 1 aliphatic rings. The maximum Gasteiger partial charge on any atom is 0.336 e. The lowest BCUT2D eigenvalue weighted by atomic mass is 10.0. The van der Waals surface area contributed by atoms with E-state index >= 15 is 0 Å². The Morgan fingerprint density at radius 1 is 0.943 bits per heavy atom. The summed E-state index contributed by atoms with van der Waals surface area (Å²) in [4.78, 5) is 28.8. The maximum absolute atomic E-state index is 14.0. The first kappa shape index (κ1) is 22.3. The molecule has 5 nitrogen and oxygen atoms in total. The number of nitrogens with zero attached hydrogens (tertiary/aromatic N) is 2. The van der Waals surface area contributed by atoms with E-state index in [0.29, 0.717) is 46.6 Å². The van der Waals surface area contributed by atoms with E-state index < -0.39 is 0 Å². The zero-order valence-corrected chi connectivity index (χ0v) is 20.5. The first-order valence-electron chi connectivity index (χ1n) is 11.7. The van der Waals surface area contributed by atoms with Gasteiger partial charge in [-0.25, -0.2) is 9.36 Å². The van der Waals surface area contributed by atoms with Crippen molar-refractivity contribution in [2.45, 2.75) is 19.4 Å². The van der Waals surface area contributed by atoms with Crippen LogP contribution in [0.3, 0.4) is 0 Å².